The smallest absolute Gasteiger partial charge is 0.222 e. The minimum Gasteiger partial charge on any atom is -0.340 e. The largest absolute Gasteiger partial charge is 0.340 e. The molecular formula is C14H22N4O. The van der Waals surface area contributed by atoms with Crippen LogP contribution in [0.1, 0.15) is 18.5 Å². The lowest BCUT2D eigenvalue weighted by molar-refractivity contribution is -0.133. The Hall–Kier alpha value is -1.46. The average Bonchev–Trinajstić information content (AvgIpc) is 2.46. The van der Waals surface area contributed by atoms with Crippen molar-refractivity contribution >= 4 is 5.91 Å². The van der Waals surface area contributed by atoms with Crippen molar-refractivity contribution < 1.29 is 4.79 Å². The van der Waals surface area contributed by atoms with Crippen molar-refractivity contribution in [3.05, 3.63) is 30.1 Å². The number of piperazine rings is 1. The summed E-state index contributed by atoms with van der Waals surface area (Å²) in [5, 5.41) is 0. The number of rotatable bonds is 5. The summed E-state index contributed by atoms with van der Waals surface area (Å²) in [5.41, 5.74) is 6.52. The lowest BCUT2D eigenvalue weighted by Crippen LogP contribution is -2.48. The molecule has 0 spiro atoms. The van der Waals surface area contributed by atoms with Crippen LogP contribution in [0.3, 0.4) is 0 Å². The summed E-state index contributed by atoms with van der Waals surface area (Å²) in [6, 6.07) is 5.98. The van der Waals surface area contributed by atoms with Crippen molar-refractivity contribution in [2.24, 2.45) is 5.73 Å². The van der Waals surface area contributed by atoms with E-state index in [1.807, 2.05) is 29.3 Å². The van der Waals surface area contributed by atoms with E-state index >= 15 is 0 Å². The van der Waals surface area contributed by atoms with E-state index in [9.17, 15) is 4.79 Å². The molecule has 1 fully saturated rings. The third-order valence-corrected chi connectivity index (χ3v) is 3.43. The van der Waals surface area contributed by atoms with Crippen LogP contribution in [0, 0.1) is 0 Å². The maximum Gasteiger partial charge on any atom is 0.222 e. The van der Waals surface area contributed by atoms with Crippen LogP contribution >= 0.6 is 0 Å². The zero-order valence-corrected chi connectivity index (χ0v) is 11.3. The molecule has 0 bridgehead atoms. The second-order valence-corrected chi connectivity index (χ2v) is 4.87. The van der Waals surface area contributed by atoms with E-state index in [1.54, 1.807) is 0 Å². The third kappa shape index (κ3) is 4.29. The number of carbonyl (C=O) groups is 1. The van der Waals surface area contributed by atoms with Gasteiger partial charge in [-0.25, -0.2) is 0 Å². The summed E-state index contributed by atoms with van der Waals surface area (Å²) in [5.74, 6) is 0.239. The highest BCUT2D eigenvalue weighted by Gasteiger charge is 2.20. The minimum absolute atomic E-state index is 0.239. The van der Waals surface area contributed by atoms with Crippen LogP contribution in [0.5, 0.6) is 0 Å². The average molecular weight is 262 g/mol. The highest BCUT2D eigenvalue weighted by atomic mass is 16.2. The van der Waals surface area contributed by atoms with Crippen molar-refractivity contribution in [2.45, 2.75) is 19.4 Å². The molecule has 5 nitrogen and oxygen atoms in total. The second-order valence-electron chi connectivity index (χ2n) is 4.87. The first-order chi connectivity index (χ1) is 9.29. The van der Waals surface area contributed by atoms with Gasteiger partial charge in [-0.05, 0) is 25.1 Å². The van der Waals surface area contributed by atoms with Crippen LogP contribution in [-0.2, 0) is 11.3 Å². The number of nitrogens with two attached hydrogens (primary N) is 1. The first-order valence-corrected chi connectivity index (χ1v) is 6.89. The molecule has 2 rings (SSSR count). The van der Waals surface area contributed by atoms with Crippen molar-refractivity contribution in [3.8, 4) is 0 Å². The first-order valence-electron chi connectivity index (χ1n) is 6.89. The van der Waals surface area contributed by atoms with Crippen molar-refractivity contribution in [3.63, 3.8) is 0 Å². The molecule has 2 heterocycles. The SMILES string of the molecule is NCCCC(=O)N1CCN(Cc2ccccn2)CC1. The molecule has 0 atom stereocenters. The van der Waals surface area contributed by atoms with Gasteiger partial charge in [0.15, 0.2) is 0 Å². The van der Waals surface area contributed by atoms with E-state index < -0.39 is 0 Å². The van der Waals surface area contributed by atoms with Gasteiger partial charge in [-0.15, -0.1) is 0 Å². The Kier molecular flexibility index (Phi) is 5.30. The van der Waals surface area contributed by atoms with Gasteiger partial charge >= 0.3 is 0 Å². The van der Waals surface area contributed by atoms with Gasteiger partial charge < -0.3 is 10.6 Å². The summed E-state index contributed by atoms with van der Waals surface area (Å²) in [4.78, 5) is 20.5. The molecule has 1 aromatic heterocycles. The molecule has 2 N–H and O–H groups in total. The Morgan fingerprint density at radius 1 is 1.26 bits per heavy atom. The molecule has 19 heavy (non-hydrogen) atoms. The Morgan fingerprint density at radius 2 is 2.05 bits per heavy atom. The Balaban J connectivity index is 1.75. The molecule has 0 saturated carbocycles. The normalized spacial score (nSPS) is 16.6. The van der Waals surface area contributed by atoms with Crippen LogP contribution in [-0.4, -0.2) is 53.4 Å². The van der Waals surface area contributed by atoms with Gasteiger partial charge in [0, 0.05) is 45.3 Å². The second kappa shape index (κ2) is 7.21. The van der Waals surface area contributed by atoms with Gasteiger partial charge in [-0.1, -0.05) is 6.07 Å². The van der Waals surface area contributed by atoms with Gasteiger partial charge in [0.2, 0.25) is 5.91 Å². The Morgan fingerprint density at radius 3 is 2.68 bits per heavy atom. The number of aromatic nitrogens is 1. The predicted octanol–water partition coefficient (Wildman–Crippen LogP) is 0.465. The van der Waals surface area contributed by atoms with E-state index in [1.165, 1.54) is 0 Å². The molecule has 1 amide bonds. The fourth-order valence-corrected chi connectivity index (χ4v) is 2.29. The summed E-state index contributed by atoms with van der Waals surface area (Å²) in [7, 11) is 0. The summed E-state index contributed by atoms with van der Waals surface area (Å²) in [6.45, 7) is 4.93. The quantitative estimate of drug-likeness (QED) is 0.837. The monoisotopic (exact) mass is 262 g/mol. The fourth-order valence-electron chi connectivity index (χ4n) is 2.29. The number of pyridine rings is 1. The molecule has 0 aliphatic carbocycles. The highest BCUT2D eigenvalue weighted by Crippen LogP contribution is 2.08. The number of amides is 1. The molecule has 1 aliphatic rings. The van der Waals surface area contributed by atoms with E-state index in [4.69, 9.17) is 5.73 Å². The van der Waals surface area contributed by atoms with E-state index in [0.717, 1.165) is 44.8 Å². The van der Waals surface area contributed by atoms with E-state index in [2.05, 4.69) is 9.88 Å². The van der Waals surface area contributed by atoms with Crippen LogP contribution in [0.2, 0.25) is 0 Å². The molecule has 0 unspecified atom stereocenters. The number of carbonyl (C=O) groups excluding carboxylic acids is 1. The van der Waals surface area contributed by atoms with Gasteiger partial charge in [0.25, 0.3) is 0 Å². The fraction of sp³-hybridized carbons (Fsp3) is 0.571. The minimum atomic E-state index is 0.239. The van der Waals surface area contributed by atoms with Crippen LogP contribution < -0.4 is 5.73 Å². The molecule has 104 valence electrons. The molecule has 0 aromatic carbocycles. The summed E-state index contributed by atoms with van der Waals surface area (Å²) >= 11 is 0. The zero-order valence-electron chi connectivity index (χ0n) is 11.3. The summed E-state index contributed by atoms with van der Waals surface area (Å²) in [6.07, 6.45) is 3.19. The Labute approximate surface area is 114 Å². The first kappa shape index (κ1) is 14.0. The number of hydrogen-bond acceptors (Lipinski definition) is 4. The van der Waals surface area contributed by atoms with E-state index in [-0.39, 0.29) is 5.91 Å². The molecule has 1 saturated heterocycles. The molecule has 5 heteroatoms. The third-order valence-electron chi connectivity index (χ3n) is 3.43. The number of nitrogens with zero attached hydrogens (tertiary/aromatic N) is 3. The molecule has 1 aliphatic heterocycles. The van der Waals surface area contributed by atoms with Crippen LogP contribution in [0.25, 0.3) is 0 Å². The maximum absolute atomic E-state index is 11.9. The van der Waals surface area contributed by atoms with Gasteiger partial charge in [0.1, 0.15) is 0 Å². The van der Waals surface area contributed by atoms with Gasteiger partial charge in [-0.3, -0.25) is 14.7 Å². The molecular weight excluding hydrogens is 240 g/mol. The standard InChI is InChI=1S/C14H22N4O/c15-6-3-5-14(19)18-10-8-17(9-11-18)12-13-4-1-2-7-16-13/h1-2,4,7H,3,5-6,8-12,15H2. The number of hydrogen-bond donors (Lipinski definition) is 1. The van der Waals surface area contributed by atoms with Crippen LogP contribution in [0.15, 0.2) is 24.4 Å². The van der Waals surface area contributed by atoms with Crippen molar-refractivity contribution in [1.82, 2.24) is 14.8 Å². The van der Waals surface area contributed by atoms with Gasteiger partial charge in [0.05, 0.1) is 5.69 Å². The molecule has 1 aromatic rings. The highest BCUT2D eigenvalue weighted by molar-refractivity contribution is 5.76. The lowest BCUT2D eigenvalue weighted by atomic mass is 10.2. The van der Waals surface area contributed by atoms with Gasteiger partial charge in [-0.2, -0.15) is 0 Å². The van der Waals surface area contributed by atoms with E-state index in [0.29, 0.717) is 13.0 Å². The Bertz CT molecular complexity index is 388. The van der Waals surface area contributed by atoms with Crippen LogP contribution in [0.4, 0.5) is 0 Å². The summed E-state index contributed by atoms with van der Waals surface area (Å²) < 4.78 is 0. The topological polar surface area (TPSA) is 62.5 Å². The lowest BCUT2D eigenvalue weighted by Gasteiger charge is -2.34. The van der Waals surface area contributed by atoms with Crippen molar-refractivity contribution in [1.29, 1.82) is 0 Å². The maximum atomic E-state index is 11.9. The zero-order chi connectivity index (χ0) is 13.5. The van der Waals surface area contributed by atoms with Crippen molar-refractivity contribution in [2.75, 3.05) is 32.7 Å². The predicted molar refractivity (Wildman–Crippen MR) is 74.4 cm³/mol. The molecule has 0 radical (unpaired) electrons.